The van der Waals surface area contributed by atoms with E-state index >= 15 is 0 Å². The van der Waals surface area contributed by atoms with Crippen molar-refractivity contribution in [3.05, 3.63) is 29.6 Å². The predicted octanol–water partition coefficient (Wildman–Crippen LogP) is 2.56. The molecule has 1 aromatic carbocycles. The highest BCUT2D eigenvalue weighted by molar-refractivity contribution is 5.99. The van der Waals surface area contributed by atoms with E-state index in [0.717, 1.165) is 25.9 Å². The maximum absolute atomic E-state index is 13.8. The molecule has 110 valence electrons. The van der Waals surface area contributed by atoms with E-state index in [1.54, 1.807) is 12.1 Å². The fourth-order valence-electron chi connectivity index (χ4n) is 2.26. The maximum Gasteiger partial charge on any atom is 0.253 e. The first-order valence-corrected chi connectivity index (χ1v) is 7.13. The van der Waals surface area contributed by atoms with E-state index in [-0.39, 0.29) is 17.6 Å². The summed E-state index contributed by atoms with van der Waals surface area (Å²) in [4.78, 5) is 12.3. The number of carbonyl (C=O) groups excluding carboxylic acids is 1. The fourth-order valence-corrected chi connectivity index (χ4v) is 2.26. The van der Waals surface area contributed by atoms with Crippen molar-refractivity contribution in [2.24, 2.45) is 0 Å². The Kier molecular flexibility index (Phi) is 5.35. The van der Waals surface area contributed by atoms with Crippen LogP contribution in [0.3, 0.4) is 0 Å². The van der Waals surface area contributed by atoms with Gasteiger partial charge in [0.1, 0.15) is 5.82 Å². The van der Waals surface area contributed by atoms with Crippen LogP contribution >= 0.6 is 0 Å². The first kappa shape index (κ1) is 14.8. The monoisotopic (exact) mass is 280 g/mol. The number of anilines is 1. The normalized spacial score (nSPS) is 18.6. The van der Waals surface area contributed by atoms with Gasteiger partial charge >= 0.3 is 0 Å². The molecule has 0 radical (unpaired) electrons. The summed E-state index contributed by atoms with van der Waals surface area (Å²) in [5.74, 6) is -0.649. The van der Waals surface area contributed by atoms with Gasteiger partial charge in [-0.2, -0.15) is 0 Å². The van der Waals surface area contributed by atoms with Gasteiger partial charge < -0.3 is 15.4 Å². The second-order valence-corrected chi connectivity index (χ2v) is 4.98. The van der Waals surface area contributed by atoms with Crippen LogP contribution in [0.4, 0.5) is 10.1 Å². The lowest BCUT2D eigenvalue weighted by atomic mass is 10.1. The third-order valence-electron chi connectivity index (χ3n) is 3.31. The third kappa shape index (κ3) is 3.70. The molecule has 1 aliphatic heterocycles. The highest BCUT2D eigenvalue weighted by Gasteiger charge is 2.20. The molecule has 0 saturated carbocycles. The van der Waals surface area contributed by atoms with E-state index in [1.807, 2.05) is 6.92 Å². The van der Waals surface area contributed by atoms with Crippen molar-refractivity contribution in [1.29, 1.82) is 0 Å². The Morgan fingerprint density at radius 1 is 1.50 bits per heavy atom. The second-order valence-electron chi connectivity index (χ2n) is 4.98. The van der Waals surface area contributed by atoms with Crippen LogP contribution in [0.5, 0.6) is 0 Å². The van der Waals surface area contributed by atoms with Gasteiger partial charge in [-0.05, 0) is 31.4 Å². The zero-order valence-electron chi connectivity index (χ0n) is 11.7. The molecular weight excluding hydrogens is 259 g/mol. The summed E-state index contributed by atoms with van der Waals surface area (Å²) in [6, 6.07) is 4.57. The Morgan fingerprint density at radius 3 is 3.05 bits per heavy atom. The minimum Gasteiger partial charge on any atom is -0.382 e. The molecule has 1 fully saturated rings. The van der Waals surface area contributed by atoms with E-state index < -0.39 is 5.82 Å². The summed E-state index contributed by atoms with van der Waals surface area (Å²) >= 11 is 0. The topological polar surface area (TPSA) is 50.4 Å². The van der Waals surface area contributed by atoms with Gasteiger partial charge in [0.05, 0.1) is 23.9 Å². The quantitative estimate of drug-likeness (QED) is 0.871. The van der Waals surface area contributed by atoms with Crippen LogP contribution in [0.2, 0.25) is 0 Å². The number of hydrogen-bond acceptors (Lipinski definition) is 3. The highest BCUT2D eigenvalue weighted by atomic mass is 19.1. The van der Waals surface area contributed by atoms with Gasteiger partial charge in [-0.1, -0.05) is 13.0 Å². The highest BCUT2D eigenvalue weighted by Crippen LogP contribution is 2.20. The second kappa shape index (κ2) is 7.24. The van der Waals surface area contributed by atoms with Crippen LogP contribution in [-0.4, -0.2) is 31.7 Å². The first-order chi connectivity index (χ1) is 9.72. The van der Waals surface area contributed by atoms with Crippen molar-refractivity contribution in [2.45, 2.75) is 32.2 Å². The summed E-state index contributed by atoms with van der Waals surface area (Å²) in [5.41, 5.74) is 0.632. The van der Waals surface area contributed by atoms with Crippen molar-refractivity contribution < 1.29 is 13.9 Å². The predicted molar refractivity (Wildman–Crippen MR) is 76.5 cm³/mol. The lowest BCUT2D eigenvalue weighted by molar-refractivity contribution is 0.0624. The third-order valence-corrected chi connectivity index (χ3v) is 3.31. The van der Waals surface area contributed by atoms with Crippen LogP contribution in [0.15, 0.2) is 18.2 Å². The van der Waals surface area contributed by atoms with Gasteiger partial charge in [0, 0.05) is 13.2 Å². The van der Waals surface area contributed by atoms with E-state index in [4.69, 9.17) is 4.74 Å². The minimum atomic E-state index is -0.397. The molecule has 4 nitrogen and oxygen atoms in total. The molecule has 0 aliphatic carbocycles. The van der Waals surface area contributed by atoms with Gasteiger partial charge in [0.25, 0.3) is 5.91 Å². The molecule has 1 heterocycles. The maximum atomic E-state index is 13.8. The number of ether oxygens (including phenoxy) is 1. The van der Waals surface area contributed by atoms with E-state index in [9.17, 15) is 9.18 Å². The number of halogens is 1. The number of benzene rings is 1. The molecular formula is C15H21FN2O2. The zero-order chi connectivity index (χ0) is 14.4. The van der Waals surface area contributed by atoms with Crippen molar-refractivity contribution >= 4 is 11.6 Å². The van der Waals surface area contributed by atoms with Gasteiger partial charge in [0.2, 0.25) is 0 Å². The molecule has 0 aromatic heterocycles. The fraction of sp³-hybridized carbons (Fsp3) is 0.533. The van der Waals surface area contributed by atoms with Gasteiger partial charge in [-0.25, -0.2) is 4.39 Å². The number of nitrogens with one attached hydrogen (secondary N) is 2. The number of carbonyl (C=O) groups is 1. The van der Waals surface area contributed by atoms with Crippen LogP contribution in [0.25, 0.3) is 0 Å². The van der Waals surface area contributed by atoms with Crippen LogP contribution < -0.4 is 10.6 Å². The average molecular weight is 280 g/mol. The van der Waals surface area contributed by atoms with E-state index in [2.05, 4.69) is 10.6 Å². The van der Waals surface area contributed by atoms with Crippen molar-refractivity contribution in [1.82, 2.24) is 5.32 Å². The molecule has 2 rings (SSSR count). The van der Waals surface area contributed by atoms with E-state index in [1.165, 1.54) is 6.07 Å². The SMILES string of the molecule is CCCNc1c(F)cccc1C(=O)NC1CCCOC1. The lowest BCUT2D eigenvalue weighted by Gasteiger charge is -2.23. The molecule has 1 unspecified atom stereocenters. The summed E-state index contributed by atoms with van der Waals surface area (Å²) < 4.78 is 19.2. The summed E-state index contributed by atoms with van der Waals surface area (Å²) in [6.07, 6.45) is 2.71. The van der Waals surface area contributed by atoms with Gasteiger partial charge in [0.15, 0.2) is 0 Å². The van der Waals surface area contributed by atoms with Gasteiger partial charge in [-0.15, -0.1) is 0 Å². The number of para-hydroxylation sites is 1. The molecule has 1 atom stereocenters. The zero-order valence-corrected chi connectivity index (χ0v) is 11.7. The lowest BCUT2D eigenvalue weighted by Crippen LogP contribution is -2.40. The Labute approximate surface area is 118 Å². The standard InChI is InChI=1S/C15H21FN2O2/c1-2-8-17-14-12(6-3-7-13(14)16)15(19)18-11-5-4-9-20-10-11/h3,6-7,11,17H,2,4-5,8-10H2,1H3,(H,18,19). The summed E-state index contributed by atoms with van der Waals surface area (Å²) in [6.45, 7) is 3.90. The number of hydrogen-bond donors (Lipinski definition) is 2. The first-order valence-electron chi connectivity index (χ1n) is 7.13. The van der Waals surface area contributed by atoms with Crippen molar-refractivity contribution in [3.8, 4) is 0 Å². The van der Waals surface area contributed by atoms with Gasteiger partial charge in [-0.3, -0.25) is 4.79 Å². The Morgan fingerprint density at radius 2 is 2.35 bits per heavy atom. The Hall–Kier alpha value is -1.62. The molecule has 1 amide bonds. The Bertz CT molecular complexity index is 459. The summed E-state index contributed by atoms with van der Waals surface area (Å²) in [7, 11) is 0. The molecule has 20 heavy (non-hydrogen) atoms. The van der Waals surface area contributed by atoms with Crippen LogP contribution in [0.1, 0.15) is 36.5 Å². The van der Waals surface area contributed by atoms with Crippen LogP contribution in [-0.2, 0) is 4.74 Å². The summed E-state index contributed by atoms with van der Waals surface area (Å²) in [5, 5.41) is 5.89. The molecule has 5 heteroatoms. The molecule has 1 aliphatic rings. The Balaban J connectivity index is 2.09. The molecule has 2 N–H and O–H groups in total. The largest absolute Gasteiger partial charge is 0.382 e. The molecule has 0 spiro atoms. The molecule has 1 aromatic rings. The molecule has 0 bridgehead atoms. The van der Waals surface area contributed by atoms with Crippen molar-refractivity contribution in [3.63, 3.8) is 0 Å². The minimum absolute atomic E-state index is 0.0125. The van der Waals surface area contributed by atoms with E-state index in [0.29, 0.717) is 18.7 Å². The molecule has 1 saturated heterocycles. The number of amides is 1. The van der Waals surface area contributed by atoms with Crippen LogP contribution in [0, 0.1) is 5.82 Å². The van der Waals surface area contributed by atoms with Crippen molar-refractivity contribution in [2.75, 3.05) is 25.1 Å². The average Bonchev–Trinajstić information content (AvgIpc) is 2.47. The number of rotatable bonds is 5. The smallest absolute Gasteiger partial charge is 0.253 e.